The summed E-state index contributed by atoms with van der Waals surface area (Å²) in [5, 5.41) is 0. The summed E-state index contributed by atoms with van der Waals surface area (Å²) in [7, 11) is 3.30. The molecule has 0 heterocycles. The van der Waals surface area contributed by atoms with Crippen LogP contribution in [-0.2, 0) is 4.79 Å². The predicted molar refractivity (Wildman–Crippen MR) is 79.3 cm³/mol. The van der Waals surface area contributed by atoms with Crippen LogP contribution in [0, 0.1) is 10.8 Å². The fourth-order valence-electron chi connectivity index (χ4n) is 2.43. The van der Waals surface area contributed by atoms with Gasteiger partial charge >= 0.3 is 0 Å². The van der Waals surface area contributed by atoms with E-state index in [1.165, 1.54) is 0 Å². The van der Waals surface area contributed by atoms with Crippen LogP contribution in [0.2, 0.25) is 0 Å². The molecule has 1 saturated carbocycles. The molecule has 1 fully saturated rings. The van der Waals surface area contributed by atoms with Gasteiger partial charge in [-0.05, 0) is 11.0 Å². The second-order valence-corrected chi connectivity index (χ2v) is 8.63. The van der Waals surface area contributed by atoms with Crippen molar-refractivity contribution in [1.29, 1.82) is 0 Å². The Hall–Kier alpha value is 0.620. The molecule has 0 bridgehead atoms. The van der Waals surface area contributed by atoms with Gasteiger partial charge in [0.15, 0.2) is 0 Å². The number of ketones is 1. The zero-order valence-electron chi connectivity index (χ0n) is 11.5. The number of nitrogens with zero attached hydrogens (tertiary/aromatic N) is 1. The highest BCUT2D eigenvalue weighted by Crippen LogP contribution is 2.70. The quantitative estimate of drug-likeness (QED) is 0.430. The number of carbonyl (C=O) groups is 1. The number of rotatable bonds is 5. The summed E-state index contributed by atoms with van der Waals surface area (Å²) in [6.45, 7) is 14.0. The number of alkyl halides is 1. The average Bonchev–Trinajstić information content (AvgIpc) is 2.28. The maximum atomic E-state index is 12.1. The molecule has 100 valence electrons. The summed E-state index contributed by atoms with van der Waals surface area (Å²) in [6.07, 6.45) is 0. The Balaban J connectivity index is 2.78. The molecule has 0 aliphatic heterocycles. The van der Waals surface area contributed by atoms with Crippen molar-refractivity contribution in [3.05, 3.63) is 0 Å². The molecule has 0 unspecified atom stereocenters. The zero-order valence-corrected chi connectivity index (χ0v) is 13.9. The summed E-state index contributed by atoms with van der Waals surface area (Å²) in [5.74, 6) is 0.257. The summed E-state index contributed by atoms with van der Waals surface area (Å²) in [5.41, 5.74) is -0.911. The molecule has 0 amide bonds. The van der Waals surface area contributed by atoms with Gasteiger partial charge in [-0.15, -0.1) is 11.6 Å². The topological polar surface area (TPSA) is 20.3 Å². The molecule has 17 heavy (non-hydrogen) atoms. The van der Waals surface area contributed by atoms with Crippen LogP contribution in [0.3, 0.4) is 0 Å². The van der Waals surface area contributed by atoms with Crippen molar-refractivity contribution in [1.82, 2.24) is 4.31 Å². The molecule has 1 aliphatic rings. The molecular weight excluding hydrogens is 274 g/mol. The first-order valence-electron chi connectivity index (χ1n) is 5.99. The SMILES string of the molecule is CCN(CC)SSC1(Cl)C(C)(C)C(=O)C1(C)C. The second-order valence-electron chi connectivity index (χ2n) is 5.45. The van der Waals surface area contributed by atoms with Gasteiger partial charge in [-0.25, -0.2) is 4.31 Å². The third-order valence-electron chi connectivity index (χ3n) is 3.71. The van der Waals surface area contributed by atoms with Crippen molar-refractivity contribution < 1.29 is 4.79 Å². The van der Waals surface area contributed by atoms with Crippen LogP contribution in [0.5, 0.6) is 0 Å². The van der Waals surface area contributed by atoms with Crippen molar-refractivity contribution >= 4 is 39.2 Å². The van der Waals surface area contributed by atoms with Gasteiger partial charge in [0, 0.05) is 13.1 Å². The molecule has 5 heteroatoms. The molecule has 1 rings (SSSR count). The van der Waals surface area contributed by atoms with E-state index in [2.05, 4.69) is 18.2 Å². The summed E-state index contributed by atoms with van der Waals surface area (Å²) in [6, 6.07) is 0. The van der Waals surface area contributed by atoms with E-state index < -0.39 is 15.0 Å². The molecule has 0 radical (unpaired) electrons. The van der Waals surface area contributed by atoms with E-state index in [1.807, 2.05) is 27.7 Å². The van der Waals surface area contributed by atoms with Gasteiger partial charge in [0.2, 0.25) is 0 Å². The van der Waals surface area contributed by atoms with Gasteiger partial charge in [-0.2, -0.15) is 0 Å². The minimum atomic E-state index is -0.523. The first kappa shape index (κ1) is 15.7. The molecule has 0 aromatic heterocycles. The highest BCUT2D eigenvalue weighted by atomic mass is 35.5. The van der Waals surface area contributed by atoms with Crippen molar-refractivity contribution in [3.8, 4) is 0 Å². The van der Waals surface area contributed by atoms with E-state index in [-0.39, 0.29) is 5.78 Å². The van der Waals surface area contributed by atoms with E-state index in [0.717, 1.165) is 13.1 Å². The Morgan fingerprint density at radius 1 is 1.12 bits per heavy atom. The lowest BCUT2D eigenvalue weighted by Gasteiger charge is -2.60. The van der Waals surface area contributed by atoms with Crippen molar-refractivity contribution in [3.63, 3.8) is 0 Å². The van der Waals surface area contributed by atoms with Gasteiger partial charge in [0.1, 0.15) is 9.99 Å². The first-order chi connectivity index (χ1) is 7.65. The minimum Gasteiger partial charge on any atom is -0.298 e. The third-order valence-corrected chi connectivity index (χ3v) is 8.81. The summed E-state index contributed by atoms with van der Waals surface area (Å²) in [4.78, 5) is 12.1. The molecular formula is C12H22ClNOS2. The van der Waals surface area contributed by atoms with E-state index in [9.17, 15) is 4.79 Å². The van der Waals surface area contributed by atoms with E-state index in [1.54, 1.807) is 21.8 Å². The number of hydrogen-bond acceptors (Lipinski definition) is 4. The van der Waals surface area contributed by atoms with Gasteiger partial charge in [0.05, 0.1) is 10.8 Å². The lowest BCUT2D eigenvalue weighted by Crippen LogP contribution is -2.69. The molecule has 0 aromatic carbocycles. The average molecular weight is 296 g/mol. The van der Waals surface area contributed by atoms with Crippen LogP contribution in [-0.4, -0.2) is 27.4 Å². The van der Waals surface area contributed by atoms with Crippen molar-refractivity contribution in [2.75, 3.05) is 13.1 Å². The molecule has 1 aliphatic carbocycles. The Labute approximate surface area is 118 Å². The second kappa shape index (κ2) is 4.95. The normalized spacial score (nSPS) is 24.8. The maximum Gasteiger partial charge on any atom is 0.149 e. The molecule has 0 spiro atoms. The molecule has 0 saturated heterocycles. The number of carbonyl (C=O) groups excluding carboxylic acids is 1. The molecule has 0 N–H and O–H groups in total. The molecule has 2 nitrogen and oxygen atoms in total. The van der Waals surface area contributed by atoms with E-state index >= 15 is 0 Å². The van der Waals surface area contributed by atoms with Gasteiger partial charge in [-0.1, -0.05) is 52.3 Å². The van der Waals surface area contributed by atoms with Crippen LogP contribution in [0.25, 0.3) is 0 Å². The van der Waals surface area contributed by atoms with E-state index in [0.29, 0.717) is 0 Å². The number of halogens is 1. The Morgan fingerprint density at radius 2 is 1.53 bits per heavy atom. The maximum absolute atomic E-state index is 12.1. The standard InChI is InChI=1S/C12H22ClNOS2/c1-7-14(8-2)17-16-12(13)10(3,4)9(15)11(12,5)6/h7-8H2,1-6H3. The van der Waals surface area contributed by atoms with Gasteiger partial charge in [0.25, 0.3) is 0 Å². The molecule has 0 atom stereocenters. The lowest BCUT2D eigenvalue weighted by atomic mass is 9.54. The van der Waals surface area contributed by atoms with Gasteiger partial charge < -0.3 is 0 Å². The van der Waals surface area contributed by atoms with Crippen LogP contribution < -0.4 is 0 Å². The summed E-state index contributed by atoms with van der Waals surface area (Å²) < 4.78 is 1.72. The Kier molecular flexibility index (Phi) is 4.57. The zero-order chi connectivity index (χ0) is 13.5. The van der Waals surface area contributed by atoms with Crippen molar-refractivity contribution in [2.45, 2.75) is 45.7 Å². The predicted octanol–water partition coefficient (Wildman–Crippen LogP) is 4.19. The fourth-order valence-corrected chi connectivity index (χ4v) is 6.39. The third kappa shape index (κ3) is 2.15. The largest absolute Gasteiger partial charge is 0.298 e. The highest BCUT2D eigenvalue weighted by Gasteiger charge is 2.72. The monoisotopic (exact) mass is 295 g/mol. The first-order valence-corrected chi connectivity index (χ1v) is 8.48. The molecule has 0 aromatic rings. The Morgan fingerprint density at radius 3 is 1.88 bits per heavy atom. The lowest BCUT2D eigenvalue weighted by molar-refractivity contribution is -0.153. The minimum absolute atomic E-state index is 0.257. The van der Waals surface area contributed by atoms with Crippen LogP contribution >= 0.6 is 33.4 Å². The van der Waals surface area contributed by atoms with Gasteiger partial charge in [-0.3, -0.25) is 4.79 Å². The highest BCUT2D eigenvalue weighted by molar-refractivity contribution is 8.76. The Bertz CT molecular complexity index is 296. The van der Waals surface area contributed by atoms with Crippen LogP contribution in [0.1, 0.15) is 41.5 Å². The fraction of sp³-hybridized carbons (Fsp3) is 0.917. The summed E-state index contributed by atoms with van der Waals surface area (Å²) >= 11 is 6.74. The van der Waals surface area contributed by atoms with E-state index in [4.69, 9.17) is 11.6 Å². The van der Waals surface area contributed by atoms with Crippen LogP contribution in [0.15, 0.2) is 0 Å². The van der Waals surface area contributed by atoms with Crippen molar-refractivity contribution in [2.24, 2.45) is 10.8 Å². The number of Topliss-reactive ketones (excluding diaryl/α,β-unsaturated/α-hetero) is 1. The smallest absolute Gasteiger partial charge is 0.149 e. The van der Waals surface area contributed by atoms with Crippen LogP contribution in [0.4, 0.5) is 0 Å². The number of hydrogen-bond donors (Lipinski definition) is 0.